The van der Waals surface area contributed by atoms with Gasteiger partial charge in [0.2, 0.25) is 0 Å². The van der Waals surface area contributed by atoms with Crippen molar-refractivity contribution in [2.24, 2.45) is 0 Å². The standard InChI is InChI=1S/C8H4Cl4O2/c1-2-4(9)3(8(13)14)6(11)7(12)5(2)10/h1H3,(H,13,14). The molecule has 0 heterocycles. The molecule has 14 heavy (non-hydrogen) atoms. The highest BCUT2D eigenvalue weighted by atomic mass is 35.5. The Morgan fingerprint density at radius 1 is 1.00 bits per heavy atom. The van der Waals surface area contributed by atoms with Gasteiger partial charge >= 0.3 is 5.97 Å². The largest absolute Gasteiger partial charge is 0.478 e. The molecule has 0 aromatic heterocycles. The summed E-state index contributed by atoms with van der Waals surface area (Å²) >= 11 is 22.9. The van der Waals surface area contributed by atoms with Gasteiger partial charge in [0.05, 0.1) is 25.7 Å². The molecule has 76 valence electrons. The number of rotatable bonds is 1. The molecular formula is C8H4Cl4O2. The highest BCUT2D eigenvalue weighted by Crippen LogP contribution is 2.40. The molecule has 6 heteroatoms. The molecule has 0 unspecified atom stereocenters. The van der Waals surface area contributed by atoms with Crippen LogP contribution in [0, 0.1) is 6.92 Å². The Morgan fingerprint density at radius 3 is 1.93 bits per heavy atom. The highest BCUT2D eigenvalue weighted by Gasteiger charge is 2.22. The summed E-state index contributed by atoms with van der Waals surface area (Å²) in [6.45, 7) is 1.57. The van der Waals surface area contributed by atoms with Gasteiger partial charge in [-0.1, -0.05) is 46.4 Å². The van der Waals surface area contributed by atoms with Crippen LogP contribution in [-0.4, -0.2) is 11.1 Å². The molecule has 0 spiro atoms. The molecule has 1 rings (SSSR count). The van der Waals surface area contributed by atoms with Gasteiger partial charge in [0.15, 0.2) is 0 Å². The van der Waals surface area contributed by atoms with Crippen molar-refractivity contribution < 1.29 is 9.90 Å². The van der Waals surface area contributed by atoms with Crippen LogP contribution in [0.2, 0.25) is 20.1 Å². The minimum atomic E-state index is -1.23. The maximum atomic E-state index is 10.8. The van der Waals surface area contributed by atoms with Crippen molar-refractivity contribution in [3.8, 4) is 0 Å². The molecule has 0 aliphatic carbocycles. The van der Waals surface area contributed by atoms with Crippen molar-refractivity contribution in [2.75, 3.05) is 0 Å². The van der Waals surface area contributed by atoms with Crippen LogP contribution in [0.25, 0.3) is 0 Å². The SMILES string of the molecule is Cc1c(Cl)c(Cl)c(Cl)c(C(=O)O)c1Cl. The zero-order chi connectivity index (χ0) is 11.0. The molecule has 0 saturated heterocycles. The average Bonchev–Trinajstić information content (AvgIpc) is 2.11. The first-order valence-corrected chi connectivity index (χ1v) is 4.95. The summed E-state index contributed by atoms with van der Waals surface area (Å²) in [5.74, 6) is -1.23. The quantitative estimate of drug-likeness (QED) is 0.612. The van der Waals surface area contributed by atoms with Crippen LogP contribution in [-0.2, 0) is 0 Å². The zero-order valence-corrected chi connectivity index (χ0v) is 9.89. The lowest BCUT2D eigenvalue weighted by Crippen LogP contribution is -2.01. The van der Waals surface area contributed by atoms with Gasteiger partial charge in [0.1, 0.15) is 0 Å². The minimum absolute atomic E-state index is 0.00707. The molecule has 2 nitrogen and oxygen atoms in total. The summed E-state index contributed by atoms with van der Waals surface area (Å²) in [6, 6.07) is 0. The number of hydrogen-bond acceptors (Lipinski definition) is 1. The van der Waals surface area contributed by atoms with E-state index < -0.39 is 5.97 Å². The second-order valence-electron chi connectivity index (χ2n) is 2.56. The molecule has 0 bridgehead atoms. The van der Waals surface area contributed by atoms with Crippen LogP contribution in [0.5, 0.6) is 0 Å². The fourth-order valence-corrected chi connectivity index (χ4v) is 2.05. The van der Waals surface area contributed by atoms with Crippen molar-refractivity contribution in [1.29, 1.82) is 0 Å². The van der Waals surface area contributed by atoms with Crippen molar-refractivity contribution >= 4 is 52.4 Å². The number of benzene rings is 1. The Kier molecular flexibility index (Phi) is 3.53. The summed E-state index contributed by atoms with van der Waals surface area (Å²) < 4.78 is 0. The molecule has 0 fully saturated rings. The summed E-state index contributed by atoms with van der Waals surface area (Å²) in [5, 5.41) is 8.87. The third kappa shape index (κ3) is 1.80. The lowest BCUT2D eigenvalue weighted by atomic mass is 10.1. The zero-order valence-electron chi connectivity index (χ0n) is 6.87. The topological polar surface area (TPSA) is 37.3 Å². The van der Waals surface area contributed by atoms with Gasteiger partial charge in [-0.05, 0) is 12.5 Å². The first-order valence-electron chi connectivity index (χ1n) is 3.43. The normalized spacial score (nSPS) is 10.4. The van der Waals surface area contributed by atoms with E-state index in [1.54, 1.807) is 6.92 Å². The minimum Gasteiger partial charge on any atom is -0.478 e. The van der Waals surface area contributed by atoms with E-state index in [4.69, 9.17) is 51.5 Å². The van der Waals surface area contributed by atoms with Gasteiger partial charge in [0.25, 0.3) is 0 Å². The Bertz CT molecular complexity index is 385. The fraction of sp³-hybridized carbons (Fsp3) is 0.125. The predicted molar refractivity (Wildman–Crippen MR) is 58.2 cm³/mol. The third-order valence-electron chi connectivity index (χ3n) is 1.70. The van der Waals surface area contributed by atoms with Crippen molar-refractivity contribution in [2.45, 2.75) is 6.92 Å². The number of carboxylic acid groups (broad SMARTS) is 1. The van der Waals surface area contributed by atoms with Crippen LogP contribution < -0.4 is 0 Å². The Hall–Kier alpha value is -0.150. The van der Waals surface area contributed by atoms with Gasteiger partial charge in [-0.3, -0.25) is 0 Å². The summed E-state index contributed by atoms with van der Waals surface area (Å²) in [5.41, 5.74) is 0.181. The molecular weight excluding hydrogens is 270 g/mol. The maximum Gasteiger partial charge on any atom is 0.338 e. The van der Waals surface area contributed by atoms with E-state index in [-0.39, 0.29) is 25.7 Å². The molecule has 0 aliphatic heterocycles. The molecule has 1 aromatic carbocycles. The van der Waals surface area contributed by atoms with E-state index in [1.165, 1.54) is 0 Å². The first kappa shape index (κ1) is 11.9. The highest BCUT2D eigenvalue weighted by molar-refractivity contribution is 6.51. The van der Waals surface area contributed by atoms with Gasteiger partial charge in [-0.2, -0.15) is 0 Å². The monoisotopic (exact) mass is 272 g/mol. The number of hydrogen-bond donors (Lipinski definition) is 1. The second kappa shape index (κ2) is 4.15. The molecule has 0 atom stereocenters. The van der Waals surface area contributed by atoms with E-state index in [1.807, 2.05) is 0 Å². The van der Waals surface area contributed by atoms with E-state index in [0.29, 0.717) is 5.56 Å². The van der Waals surface area contributed by atoms with E-state index in [9.17, 15) is 4.79 Å². The Balaban J connectivity index is 3.68. The lowest BCUT2D eigenvalue weighted by molar-refractivity contribution is 0.0697. The summed E-state index contributed by atoms with van der Waals surface area (Å²) in [7, 11) is 0. The summed E-state index contributed by atoms with van der Waals surface area (Å²) in [4.78, 5) is 10.8. The van der Waals surface area contributed by atoms with E-state index in [0.717, 1.165) is 0 Å². The Labute approximate surface area is 100 Å². The molecule has 0 amide bonds. The molecule has 0 saturated carbocycles. The van der Waals surface area contributed by atoms with Crippen LogP contribution in [0.3, 0.4) is 0 Å². The second-order valence-corrected chi connectivity index (χ2v) is 4.07. The van der Waals surface area contributed by atoms with Crippen LogP contribution in [0.1, 0.15) is 15.9 Å². The summed E-state index contributed by atoms with van der Waals surface area (Å²) in [6.07, 6.45) is 0. The first-order chi connectivity index (χ1) is 6.37. The fourth-order valence-electron chi connectivity index (χ4n) is 0.939. The number of halogens is 4. The number of carboxylic acids is 1. The third-order valence-corrected chi connectivity index (χ3v) is 3.59. The average molecular weight is 274 g/mol. The molecule has 1 aromatic rings. The lowest BCUT2D eigenvalue weighted by Gasteiger charge is -2.09. The number of aromatic carboxylic acids is 1. The van der Waals surface area contributed by atoms with Gasteiger partial charge in [-0.15, -0.1) is 0 Å². The van der Waals surface area contributed by atoms with Gasteiger partial charge in [-0.25, -0.2) is 4.79 Å². The van der Waals surface area contributed by atoms with Gasteiger partial charge in [0, 0.05) is 0 Å². The van der Waals surface area contributed by atoms with E-state index >= 15 is 0 Å². The molecule has 0 aliphatic rings. The molecule has 0 radical (unpaired) electrons. The van der Waals surface area contributed by atoms with Crippen LogP contribution in [0.15, 0.2) is 0 Å². The maximum absolute atomic E-state index is 10.8. The van der Waals surface area contributed by atoms with E-state index in [2.05, 4.69) is 0 Å². The van der Waals surface area contributed by atoms with Crippen LogP contribution in [0.4, 0.5) is 0 Å². The van der Waals surface area contributed by atoms with Crippen LogP contribution >= 0.6 is 46.4 Å². The van der Waals surface area contributed by atoms with Crippen molar-refractivity contribution in [1.82, 2.24) is 0 Å². The smallest absolute Gasteiger partial charge is 0.338 e. The van der Waals surface area contributed by atoms with Gasteiger partial charge < -0.3 is 5.11 Å². The van der Waals surface area contributed by atoms with Crippen molar-refractivity contribution in [3.63, 3.8) is 0 Å². The Morgan fingerprint density at radius 2 is 1.50 bits per heavy atom. The van der Waals surface area contributed by atoms with Crippen molar-refractivity contribution in [3.05, 3.63) is 31.2 Å². The number of carbonyl (C=O) groups is 1. The molecule has 1 N–H and O–H groups in total. The predicted octanol–water partition coefficient (Wildman–Crippen LogP) is 4.31.